The number of aromatic amines is 1. The minimum Gasteiger partial charge on any atom is -0.478 e. The standard InChI is InChI=1S/C21H26N8O3/c1-29(11-12-3-2-4-14(30)7-12)20-15(21(31)32)5-6-18(28-20)27-16(8-17(23)24)19-25-10-13(9-22)26-19/h5-6,8,10,12,14,30H,2-4,7,11H2,1H3,(H3,23,24)(H,25,26)(H,27,28)(H,31,32)/b16-8+/t12?,14-/m0/s1. The second kappa shape index (κ2) is 9.93. The lowest BCUT2D eigenvalue weighted by atomic mass is 9.87. The Morgan fingerprint density at radius 3 is 2.91 bits per heavy atom. The Morgan fingerprint density at radius 2 is 2.28 bits per heavy atom. The van der Waals surface area contributed by atoms with Crippen LogP contribution in [0.3, 0.4) is 0 Å². The minimum absolute atomic E-state index is 0.0521. The van der Waals surface area contributed by atoms with E-state index in [0.717, 1.165) is 19.3 Å². The van der Waals surface area contributed by atoms with E-state index in [1.165, 1.54) is 24.4 Å². The largest absolute Gasteiger partial charge is 0.478 e. The van der Waals surface area contributed by atoms with Gasteiger partial charge in [0.05, 0.1) is 18.0 Å². The Labute approximate surface area is 185 Å². The van der Waals surface area contributed by atoms with Crippen LogP contribution in [0.5, 0.6) is 0 Å². The summed E-state index contributed by atoms with van der Waals surface area (Å²) in [6, 6.07) is 4.90. The maximum absolute atomic E-state index is 11.8. The molecule has 1 aliphatic rings. The third-order valence-electron chi connectivity index (χ3n) is 5.27. The van der Waals surface area contributed by atoms with Crippen molar-refractivity contribution in [3.63, 3.8) is 0 Å². The number of nitrogens with zero attached hydrogens (tertiary/aromatic N) is 4. The highest BCUT2D eigenvalue weighted by atomic mass is 16.4. The van der Waals surface area contributed by atoms with Gasteiger partial charge in [0, 0.05) is 19.7 Å². The Bertz CT molecular complexity index is 1070. The first kappa shape index (κ1) is 22.8. The van der Waals surface area contributed by atoms with Crippen molar-refractivity contribution in [2.75, 3.05) is 23.8 Å². The highest BCUT2D eigenvalue weighted by Gasteiger charge is 2.24. The van der Waals surface area contributed by atoms with E-state index >= 15 is 0 Å². The van der Waals surface area contributed by atoms with E-state index < -0.39 is 5.97 Å². The molecule has 2 aromatic rings. The molecule has 2 atom stereocenters. The van der Waals surface area contributed by atoms with Crippen molar-refractivity contribution in [1.82, 2.24) is 15.0 Å². The molecule has 0 bridgehead atoms. The zero-order chi connectivity index (χ0) is 23.3. The first-order chi connectivity index (χ1) is 15.3. The third kappa shape index (κ3) is 5.61. The molecule has 0 radical (unpaired) electrons. The zero-order valence-electron chi connectivity index (χ0n) is 17.7. The number of aromatic nitrogens is 3. The second-order valence-corrected chi connectivity index (χ2v) is 7.84. The van der Waals surface area contributed by atoms with Crippen molar-refractivity contribution in [3.05, 3.63) is 41.5 Å². The molecule has 32 heavy (non-hydrogen) atoms. The monoisotopic (exact) mass is 438 g/mol. The molecule has 1 fully saturated rings. The van der Waals surface area contributed by atoms with Gasteiger partial charge in [0.15, 0.2) is 5.82 Å². The normalized spacial score (nSPS) is 18.6. The summed E-state index contributed by atoms with van der Waals surface area (Å²) in [6.45, 7) is 0.563. The summed E-state index contributed by atoms with van der Waals surface area (Å²) in [6.07, 6.45) is 5.72. The Morgan fingerprint density at radius 1 is 1.50 bits per heavy atom. The van der Waals surface area contributed by atoms with Crippen molar-refractivity contribution in [3.8, 4) is 6.07 Å². The third-order valence-corrected chi connectivity index (χ3v) is 5.27. The number of nitriles is 1. The van der Waals surface area contributed by atoms with Gasteiger partial charge in [0.1, 0.15) is 34.8 Å². The van der Waals surface area contributed by atoms with E-state index in [9.17, 15) is 15.0 Å². The lowest BCUT2D eigenvalue weighted by molar-refractivity contribution is 0.0696. The molecule has 0 spiro atoms. The van der Waals surface area contributed by atoms with Gasteiger partial charge in [-0.1, -0.05) is 6.42 Å². The van der Waals surface area contributed by atoms with Crippen molar-refractivity contribution >= 4 is 29.1 Å². The van der Waals surface area contributed by atoms with Crippen LogP contribution in [0, 0.1) is 22.7 Å². The summed E-state index contributed by atoms with van der Waals surface area (Å²) in [5.41, 5.74) is 6.11. The summed E-state index contributed by atoms with van der Waals surface area (Å²) in [4.78, 5) is 25.0. The van der Waals surface area contributed by atoms with Gasteiger partial charge >= 0.3 is 5.97 Å². The van der Waals surface area contributed by atoms with Crippen LogP contribution in [0.2, 0.25) is 0 Å². The number of nitrogens with two attached hydrogens (primary N) is 1. The van der Waals surface area contributed by atoms with E-state index in [-0.39, 0.29) is 40.8 Å². The van der Waals surface area contributed by atoms with Crippen LogP contribution in [0.25, 0.3) is 5.70 Å². The van der Waals surface area contributed by atoms with E-state index in [0.29, 0.717) is 24.5 Å². The summed E-state index contributed by atoms with van der Waals surface area (Å²) >= 11 is 0. The van der Waals surface area contributed by atoms with Gasteiger partial charge in [-0.3, -0.25) is 5.41 Å². The maximum Gasteiger partial charge on any atom is 0.339 e. The van der Waals surface area contributed by atoms with Crippen LogP contribution in [0.1, 0.15) is 47.6 Å². The molecule has 11 nitrogen and oxygen atoms in total. The molecular formula is C21H26N8O3. The zero-order valence-corrected chi connectivity index (χ0v) is 17.7. The predicted molar refractivity (Wildman–Crippen MR) is 119 cm³/mol. The molecule has 11 heteroatoms. The molecule has 0 aliphatic heterocycles. The molecule has 1 aliphatic carbocycles. The van der Waals surface area contributed by atoms with Crippen LogP contribution in [-0.2, 0) is 0 Å². The number of aliphatic hydroxyl groups excluding tert-OH is 1. The minimum atomic E-state index is -1.10. The van der Waals surface area contributed by atoms with Crippen LogP contribution in [0.4, 0.5) is 11.6 Å². The number of nitrogens with one attached hydrogen (secondary N) is 3. The van der Waals surface area contributed by atoms with Gasteiger partial charge in [0.25, 0.3) is 0 Å². The Kier molecular flexibility index (Phi) is 7.07. The van der Waals surface area contributed by atoms with Gasteiger partial charge in [-0.05, 0) is 37.3 Å². The summed E-state index contributed by atoms with van der Waals surface area (Å²) in [5, 5.41) is 39.2. The average Bonchev–Trinajstić information content (AvgIpc) is 3.22. The van der Waals surface area contributed by atoms with Gasteiger partial charge in [-0.2, -0.15) is 5.26 Å². The summed E-state index contributed by atoms with van der Waals surface area (Å²) in [7, 11) is 1.78. The molecule has 2 aromatic heterocycles. The number of carbonyl (C=O) groups is 1. The molecular weight excluding hydrogens is 412 g/mol. The van der Waals surface area contributed by atoms with Gasteiger partial charge in [-0.25, -0.2) is 14.8 Å². The fraction of sp³-hybridized carbons (Fsp3) is 0.381. The quantitative estimate of drug-likeness (QED) is 0.263. The summed E-state index contributed by atoms with van der Waals surface area (Å²) < 4.78 is 0. The number of H-pyrrole nitrogens is 1. The van der Waals surface area contributed by atoms with E-state index in [1.54, 1.807) is 11.9 Å². The van der Waals surface area contributed by atoms with Crippen molar-refractivity contribution in [1.29, 1.82) is 10.7 Å². The second-order valence-electron chi connectivity index (χ2n) is 7.84. The fourth-order valence-electron chi connectivity index (χ4n) is 3.85. The van der Waals surface area contributed by atoms with Crippen LogP contribution >= 0.6 is 0 Å². The molecule has 168 valence electrons. The average molecular weight is 438 g/mol. The summed E-state index contributed by atoms with van der Waals surface area (Å²) in [5.74, 6) is -0.210. The number of aromatic carboxylic acids is 1. The molecule has 1 saturated carbocycles. The molecule has 1 unspecified atom stereocenters. The number of pyridine rings is 1. The Balaban J connectivity index is 1.89. The fourth-order valence-corrected chi connectivity index (χ4v) is 3.85. The lowest BCUT2D eigenvalue weighted by Crippen LogP contribution is -2.32. The molecule has 0 amide bonds. The number of aliphatic hydroxyl groups is 1. The smallest absolute Gasteiger partial charge is 0.339 e. The number of hydrogen-bond acceptors (Lipinski definition) is 8. The van der Waals surface area contributed by atoms with E-state index in [4.69, 9.17) is 16.4 Å². The van der Waals surface area contributed by atoms with Gasteiger partial charge in [-0.15, -0.1) is 0 Å². The number of amidine groups is 1. The molecule has 3 rings (SSSR count). The predicted octanol–water partition coefficient (Wildman–Crippen LogP) is 1.75. The topological polar surface area (TPSA) is 188 Å². The lowest BCUT2D eigenvalue weighted by Gasteiger charge is -2.30. The van der Waals surface area contributed by atoms with Gasteiger partial charge < -0.3 is 31.1 Å². The molecule has 7 N–H and O–H groups in total. The van der Waals surface area contributed by atoms with Crippen molar-refractivity contribution in [2.24, 2.45) is 11.7 Å². The molecule has 0 saturated heterocycles. The molecule has 2 heterocycles. The van der Waals surface area contributed by atoms with Crippen molar-refractivity contribution < 1.29 is 15.0 Å². The highest BCUT2D eigenvalue weighted by Crippen LogP contribution is 2.28. The first-order valence-corrected chi connectivity index (χ1v) is 10.2. The number of imidazole rings is 1. The molecule has 0 aromatic carbocycles. The number of carboxylic acids is 1. The Hall–Kier alpha value is -3.91. The van der Waals surface area contributed by atoms with Gasteiger partial charge in [0.2, 0.25) is 0 Å². The SMILES string of the molecule is CN(CC1CCC[C@H](O)C1)c1nc(N/C(=C/C(=N)N)c2ncc(C#N)[nH]2)ccc1C(=O)O. The first-order valence-electron chi connectivity index (χ1n) is 10.2. The van der Waals surface area contributed by atoms with Crippen molar-refractivity contribution in [2.45, 2.75) is 31.8 Å². The number of carboxylic acid groups (broad SMARTS) is 1. The van der Waals surface area contributed by atoms with Crippen LogP contribution in [0.15, 0.2) is 24.4 Å². The highest BCUT2D eigenvalue weighted by molar-refractivity contribution is 5.98. The number of hydrogen-bond donors (Lipinski definition) is 6. The van der Waals surface area contributed by atoms with E-state index in [2.05, 4.69) is 20.3 Å². The number of anilines is 2. The van der Waals surface area contributed by atoms with Crippen LogP contribution in [-0.4, -0.2) is 56.7 Å². The maximum atomic E-state index is 11.8. The van der Waals surface area contributed by atoms with Crippen LogP contribution < -0.4 is 16.0 Å². The van der Waals surface area contributed by atoms with E-state index in [1.807, 2.05) is 6.07 Å². The number of rotatable bonds is 8.